The molecule has 1 rings (SSSR count). The highest BCUT2D eigenvalue weighted by Crippen LogP contribution is 2.21. The second kappa shape index (κ2) is 6.28. The van der Waals surface area contributed by atoms with Gasteiger partial charge in [-0.15, -0.1) is 12.4 Å². The Labute approximate surface area is 99.6 Å². The average Bonchev–Trinajstić information content (AvgIpc) is 2.20. The van der Waals surface area contributed by atoms with Gasteiger partial charge in [-0.3, -0.25) is 0 Å². The van der Waals surface area contributed by atoms with Crippen LogP contribution in [0, 0.1) is 5.82 Å². The Hall–Kier alpha value is -0.350. The summed E-state index contributed by atoms with van der Waals surface area (Å²) in [5, 5.41) is 9.52. The van der Waals surface area contributed by atoms with Crippen LogP contribution in [0.15, 0.2) is 18.2 Å². The highest BCUT2D eigenvalue weighted by atomic mass is 35.5. The first-order chi connectivity index (χ1) is 6.56. The summed E-state index contributed by atoms with van der Waals surface area (Å²) in [7, 11) is 0. The maximum atomic E-state index is 13.0. The van der Waals surface area contributed by atoms with Crippen LogP contribution in [-0.2, 0) is 0 Å². The van der Waals surface area contributed by atoms with Crippen LogP contribution in [0.4, 0.5) is 4.39 Å². The Bertz CT molecular complexity index is 322. The fourth-order valence-corrected chi connectivity index (χ4v) is 1.31. The molecule has 0 heterocycles. The van der Waals surface area contributed by atoms with Crippen LogP contribution < -0.4 is 5.73 Å². The molecule has 2 atom stereocenters. The monoisotopic (exact) mass is 253 g/mol. The lowest BCUT2D eigenvalue weighted by Crippen LogP contribution is -2.25. The van der Waals surface area contributed by atoms with E-state index in [1.807, 2.05) is 6.92 Å². The zero-order valence-corrected chi connectivity index (χ0v) is 9.86. The lowest BCUT2D eigenvalue weighted by molar-refractivity contribution is 0.140. The summed E-state index contributed by atoms with van der Waals surface area (Å²) >= 11 is 5.52. The van der Waals surface area contributed by atoms with Gasteiger partial charge in [0.2, 0.25) is 0 Å². The first-order valence-corrected chi connectivity index (χ1v) is 4.82. The van der Waals surface area contributed by atoms with E-state index < -0.39 is 18.0 Å². The Morgan fingerprint density at radius 3 is 2.60 bits per heavy atom. The molecule has 0 radical (unpaired) electrons. The second-order valence-electron chi connectivity index (χ2n) is 3.17. The number of aliphatic hydroxyl groups excluding tert-OH is 1. The van der Waals surface area contributed by atoms with Crippen molar-refractivity contribution in [3.05, 3.63) is 34.6 Å². The Kier molecular flexibility index (Phi) is 6.13. The van der Waals surface area contributed by atoms with Crippen molar-refractivity contribution >= 4 is 24.0 Å². The molecule has 1 aromatic carbocycles. The second-order valence-corrected chi connectivity index (χ2v) is 3.58. The van der Waals surface area contributed by atoms with Crippen molar-refractivity contribution in [3.63, 3.8) is 0 Å². The smallest absolute Gasteiger partial charge is 0.142 e. The van der Waals surface area contributed by atoms with Crippen LogP contribution in [-0.4, -0.2) is 11.2 Å². The molecule has 0 aliphatic heterocycles. The predicted octanol–water partition coefficient (Wildman–Crippen LogP) is 2.67. The van der Waals surface area contributed by atoms with Crippen molar-refractivity contribution in [1.82, 2.24) is 0 Å². The Balaban J connectivity index is 0.00000196. The molecule has 0 fully saturated rings. The summed E-state index contributed by atoms with van der Waals surface area (Å²) in [6.45, 7) is 1.82. The number of hydrogen-bond acceptors (Lipinski definition) is 2. The molecule has 0 aromatic heterocycles. The molecule has 0 aliphatic rings. The molecule has 0 spiro atoms. The maximum Gasteiger partial charge on any atom is 0.142 e. The van der Waals surface area contributed by atoms with Gasteiger partial charge >= 0.3 is 0 Å². The molecule has 1 aromatic rings. The minimum Gasteiger partial charge on any atom is -0.391 e. The number of halogens is 3. The van der Waals surface area contributed by atoms with E-state index in [0.29, 0.717) is 12.0 Å². The van der Waals surface area contributed by atoms with Crippen molar-refractivity contribution in [2.45, 2.75) is 25.5 Å². The van der Waals surface area contributed by atoms with Crippen molar-refractivity contribution < 1.29 is 9.50 Å². The summed E-state index contributed by atoms with van der Waals surface area (Å²) in [4.78, 5) is 0. The van der Waals surface area contributed by atoms with Crippen LogP contribution in [0.3, 0.4) is 0 Å². The third-order valence-electron chi connectivity index (χ3n) is 2.16. The van der Waals surface area contributed by atoms with Crippen molar-refractivity contribution in [1.29, 1.82) is 0 Å². The molecule has 15 heavy (non-hydrogen) atoms. The average molecular weight is 254 g/mol. The largest absolute Gasteiger partial charge is 0.391 e. The highest BCUT2D eigenvalue weighted by Gasteiger charge is 2.15. The lowest BCUT2D eigenvalue weighted by Gasteiger charge is -2.17. The van der Waals surface area contributed by atoms with Crippen molar-refractivity contribution in [2.24, 2.45) is 5.73 Å². The molecule has 5 heteroatoms. The predicted molar refractivity (Wildman–Crippen MR) is 61.9 cm³/mol. The molecule has 0 unspecified atom stereocenters. The molecular formula is C10H14Cl2FNO. The standard InChI is InChI=1S/C10H13ClFNO.ClH/c1-2-9(14)10(13)6-3-4-7(11)8(12)5-6;/h3-5,9-10,14H,2,13H2,1H3;1H/t9-,10+;/m1./s1. The topological polar surface area (TPSA) is 46.2 Å². The van der Waals surface area contributed by atoms with Crippen LogP contribution in [0.25, 0.3) is 0 Å². The van der Waals surface area contributed by atoms with Gasteiger partial charge in [0, 0.05) is 0 Å². The van der Waals surface area contributed by atoms with Gasteiger partial charge in [0.15, 0.2) is 0 Å². The quantitative estimate of drug-likeness (QED) is 0.871. The summed E-state index contributed by atoms with van der Waals surface area (Å²) in [6, 6.07) is 3.75. The van der Waals surface area contributed by atoms with E-state index >= 15 is 0 Å². The van der Waals surface area contributed by atoms with E-state index in [1.54, 1.807) is 6.07 Å². The van der Waals surface area contributed by atoms with Crippen LogP contribution in [0.1, 0.15) is 24.9 Å². The third-order valence-corrected chi connectivity index (χ3v) is 2.47. The Morgan fingerprint density at radius 2 is 2.13 bits per heavy atom. The van der Waals surface area contributed by atoms with Gasteiger partial charge in [0.25, 0.3) is 0 Å². The molecular weight excluding hydrogens is 240 g/mol. The normalized spacial score (nSPS) is 14.2. The van der Waals surface area contributed by atoms with Crippen LogP contribution in [0.5, 0.6) is 0 Å². The van der Waals surface area contributed by atoms with E-state index in [0.717, 1.165) is 0 Å². The minimum absolute atomic E-state index is 0. The molecule has 0 saturated carbocycles. The number of aliphatic hydroxyl groups is 1. The van der Waals surface area contributed by atoms with E-state index in [2.05, 4.69) is 0 Å². The zero-order chi connectivity index (χ0) is 10.7. The molecule has 86 valence electrons. The summed E-state index contributed by atoms with van der Waals surface area (Å²) in [5.41, 5.74) is 6.26. The highest BCUT2D eigenvalue weighted by molar-refractivity contribution is 6.30. The summed E-state index contributed by atoms with van der Waals surface area (Å²) < 4.78 is 13.0. The van der Waals surface area contributed by atoms with E-state index in [9.17, 15) is 9.50 Å². The summed E-state index contributed by atoms with van der Waals surface area (Å²) in [6.07, 6.45) is -0.124. The number of rotatable bonds is 3. The van der Waals surface area contributed by atoms with E-state index in [-0.39, 0.29) is 17.4 Å². The van der Waals surface area contributed by atoms with Gasteiger partial charge in [-0.1, -0.05) is 24.6 Å². The maximum absolute atomic E-state index is 13.0. The van der Waals surface area contributed by atoms with Crippen molar-refractivity contribution in [2.75, 3.05) is 0 Å². The van der Waals surface area contributed by atoms with Gasteiger partial charge in [0.1, 0.15) is 5.82 Å². The van der Waals surface area contributed by atoms with Crippen LogP contribution in [0.2, 0.25) is 5.02 Å². The third kappa shape index (κ3) is 3.61. The SMILES string of the molecule is CC[C@@H](O)[C@@H](N)c1ccc(Cl)c(F)c1.Cl. The van der Waals surface area contributed by atoms with Crippen molar-refractivity contribution in [3.8, 4) is 0 Å². The minimum atomic E-state index is -0.657. The summed E-state index contributed by atoms with van der Waals surface area (Å²) in [5.74, 6) is -0.511. The van der Waals surface area contributed by atoms with Gasteiger partial charge in [-0.05, 0) is 24.1 Å². The first kappa shape index (κ1) is 14.6. The van der Waals surface area contributed by atoms with Gasteiger partial charge in [0.05, 0.1) is 17.2 Å². The zero-order valence-electron chi connectivity index (χ0n) is 8.28. The van der Waals surface area contributed by atoms with Gasteiger partial charge in [-0.25, -0.2) is 4.39 Å². The fraction of sp³-hybridized carbons (Fsp3) is 0.400. The van der Waals surface area contributed by atoms with E-state index in [1.165, 1.54) is 12.1 Å². The molecule has 0 amide bonds. The van der Waals surface area contributed by atoms with Crippen LogP contribution >= 0.6 is 24.0 Å². The van der Waals surface area contributed by atoms with E-state index in [4.69, 9.17) is 17.3 Å². The number of nitrogens with two attached hydrogens (primary N) is 1. The van der Waals surface area contributed by atoms with Gasteiger partial charge in [-0.2, -0.15) is 0 Å². The molecule has 2 nitrogen and oxygen atoms in total. The molecule has 0 saturated heterocycles. The molecule has 0 aliphatic carbocycles. The number of hydrogen-bond donors (Lipinski definition) is 2. The fourth-order valence-electron chi connectivity index (χ4n) is 1.20. The lowest BCUT2D eigenvalue weighted by atomic mass is 10.0. The molecule has 0 bridgehead atoms. The Morgan fingerprint density at radius 1 is 1.53 bits per heavy atom. The molecule has 3 N–H and O–H groups in total. The van der Waals surface area contributed by atoms with Gasteiger partial charge < -0.3 is 10.8 Å². The number of benzene rings is 1. The first-order valence-electron chi connectivity index (χ1n) is 4.44.